The standard InChI is InChI=1S/C11H15BrClNO3S/c1-8(2)17-6-5-14-18(15,16)11-4-3-9(12)7-10(11)13/h3-4,7-8,14H,5-6H2,1-2H3. The third-order valence-electron chi connectivity index (χ3n) is 2.03. The molecular weight excluding hydrogens is 342 g/mol. The van der Waals surface area contributed by atoms with Crippen molar-refractivity contribution in [2.45, 2.75) is 24.8 Å². The van der Waals surface area contributed by atoms with E-state index in [-0.39, 0.29) is 22.6 Å². The van der Waals surface area contributed by atoms with E-state index in [0.717, 1.165) is 4.47 Å². The van der Waals surface area contributed by atoms with Gasteiger partial charge in [0.25, 0.3) is 0 Å². The van der Waals surface area contributed by atoms with Gasteiger partial charge < -0.3 is 4.74 Å². The van der Waals surface area contributed by atoms with Crippen LogP contribution in [0.15, 0.2) is 27.6 Å². The third-order valence-corrected chi connectivity index (χ3v) is 4.47. The Kier molecular flexibility index (Phi) is 6.07. The van der Waals surface area contributed by atoms with Crippen LogP contribution in [-0.4, -0.2) is 27.7 Å². The number of hydrogen-bond donors (Lipinski definition) is 1. The van der Waals surface area contributed by atoms with Crippen LogP contribution in [0.25, 0.3) is 0 Å². The molecule has 0 saturated heterocycles. The first-order valence-electron chi connectivity index (χ1n) is 5.39. The van der Waals surface area contributed by atoms with Gasteiger partial charge in [-0.05, 0) is 32.0 Å². The maximum Gasteiger partial charge on any atom is 0.242 e. The maximum atomic E-state index is 11.9. The molecule has 0 atom stereocenters. The molecule has 102 valence electrons. The second-order valence-electron chi connectivity index (χ2n) is 3.89. The summed E-state index contributed by atoms with van der Waals surface area (Å²) in [4.78, 5) is 0.0666. The highest BCUT2D eigenvalue weighted by molar-refractivity contribution is 9.10. The first kappa shape index (κ1) is 15.9. The summed E-state index contributed by atoms with van der Waals surface area (Å²) >= 11 is 9.12. The topological polar surface area (TPSA) is 55.4 Å². The van der Waals surface area contributed by atoms with Crippen LogP contribution in [0.2, 0.25) is 5.02 Å². The first-order chi connectivity index (χ1) is 8.33. The predicted molar refractivity (Wildman–Crippen MR) is 75.4 cm³/mol. The number of nitrogens with one attached hydrogen (secondary N) is 1. The van der Waals surface area contributed by atoms with Gasteiger partial charge in [-0.1, -0.05) is 27.5 Å². The highest BCUT2D eigenvalue weighted by Crippen LogP contribution is 2.24. The van der Waals surface area contributed by atoms with Gasteiger partial charge in [0.15, 0.2) is 0 Å². The van der Waals surface area contributed by atoms with Crippen molar-refractivity contribution in [1.82, 2.24) is 4.72 Å². The largest absolute Gasteiger partial charge is 0.377 e. The minimum atomic E-state index is -3.59. The Morgan fingerprint density at radius 1 is 1.44 bits per heavy atom. The van der Waals surface area contributed by atoms with Gasteiger partial charge in [0.05, 0.1) is 17.7 Å². The molecule has 0 radical (unpaired) electrons. The van der Waals surface area contributed by atoms with Crippen LogP contribution < -0.4 is 4.72 Å². The summed E-state index contributed by atoms with van der Waals surface area (Å²) in [6.45, 7) is 4.32. The van der Waals surface area contributed by atoms with Gasteiger partial charge in [-0.3, -0.25) is 0 Å². The molecule has 0 fully saturated rings. The quantitative estimate of drug-likeness (QED) is 0.797. The molecule has 1 aromatic rings. The number of sulfonamides is 1. The number of halogens is 2. The maximum absolute atomic E-state index is 11.9. The van der Waals surface area contributed by atoms with Gasteiger partial charge in [-0.15, -0.1) is 0 Å². The molecule has 0 amide bonds. The fraction of sp³-hybridized carbons (Fsp3) is 0.455. The molecular formula is C11H15BrClNO3S. The Labute approximate surface area is 121 Å². The Morgan fingerprint density at radius 2 is 2.11 bits per heavy atom. The van der Waals surface area contributed by atoms with Gasteiger partial charge in [-0.2, -0.15) is 0 Å². The summed E-state index contributed by atoms with van der Waals surface area (Å²) in [5.41, 5.74) is 0. The van der Waals surface area contributed by atoms with Crippen molar-refractivity contribution in [2.24, 2.45) is 0 Å². The van der Waals surface area contributed by atoms with Crippen molar-refractivity contribution < 1.29 is 13.2 Å². The predicted octanol–water partition coefficient (Wildman–Crippen LogP) is 2.81. The van der Waals surface area contributed by atoms with E-state index in [1.165, 1.54) is 6.07 Å². The van der Waals surface area contributed by atoms with Crippen LogP contribution >= 0.6 is 27.5 Å². The molecule has 0 bridgehead atoms. The summed E-state index contributed by atoms with van der Waals surface area (Å²) in [5, 5.41) is 0.182. The molecule has 0 unspecified atom stereocenters. The highest BCUT2D eigenvalue weighted by Gasteiger charge is 2.17. The minimum Gasteiger partial charge on any atom is -0.377 e. The molecule has 0 aliphatic carbocycles. The average Bonchev–Trinajstić information content (AvgIpc) is 2.23. The second-order valence-corrected chi connectivity index (χ2v) is 6.95. The molecule has 1 N–H and O–H groups in total. The zero-order valence-electron chi connectivity index (χ0n) is 10.1. The van der Waals surface area contributed by atoms with Crippen LogP contribution in [-0.2, 0) is 14.8 Å². The zero-order chi connectivity index (χ0) is 13.8. The van der Waals surface area contributed by atoms with E-state index in [1.54, 1.807) is 12.1 Å². The summed E-state index contributed by atoms with van der Waals surface area (Å²) < 4.78 is 32.3. The Bertz CT molecular complexity index is 505. The zero-order valence-corrected chi connectivity index (χ0v) is 13.3. The Balaban J connectivity index is 2.69. The lowest BCUT2D eigenvalue weighted by molar-refractivity contribution is 0.0834. The van der Waals surface area contributed by atoms with Crippen LogP contribution in [0.3, 0.4) is 0 Å². The number of rotatable bonds is 6. The molecule has 1 rings (SSSR count). The van der Waals surface area contributed by atoms with Crippen molar-refractivity contribution in [3.63, 3.8) is 0 Å². The van der Waals surface area contributed by atoms with E-state index < -0.39 is 10.0 Å². The van der Waals surface area contributed by atoms with Gasteiger partial charge in [0.2, 0.25) is 10.0 Å². The van der Waals surface area contributed by atoms with E-state index in [0.29, 0.717) is 6.61 Å². The number of ether oxygens (including phenoxy) is 1. The van der Waals surface area contributed by atoms with E-state index >= 15 is 0 Å². The van der Waals surface area contributed by atoms with Crippen molar-refractivity contribution in [3.8, 4) is 0 Å². The van der Waals surface area contributed by atoms with E-state index in [4.69, 9.17) is 16.3 Å². The fourth-order valence-corrected chi connectivity index (χ4v) is 3.29. The highest BCUT2D eigenvalue weighted by atomic mass is 79.9. The van der Waals surface area contributed by atoms with E-state index in [9.17, 15) is 8.42 Å². The Hall–Kier alpha value is -0.140. The molecule has 0 aliphatic rings. The van der Waals surface area contributed by atoms with Crippen LogP contribution in [0, 0.1) is 0 Å². The van der Waals surface area contributed by atoms with Gasteiger partial charge in [0, 0.05) is 11.0 Å². The summed E-state index contributed by atoms with van der Waals surface area (Å²) in [6, 6.07) is 4.63. The van der Waals surface area contributed by atoms with E-state index in [2.05, 4.69) is 20.7 Å². The molecule has 4 nitrogen and oxygen atoms in total. The second kappa shape index (κ2) is 6.86. The normalized spacial score (nSPS) is 12.1. The molecule has 0 aromatic heterocycles. The fourth-order valence-electron chi connectivity index (χ4n) is 1.24. The van der Waals surface area contributed by atoms with Crippen LogP contribution in [0.1, 0.15) is 13.8 Å². The van der Waals surface area contributed by atoms with Crippen molar-refractivity contribution in [2.75, 3.05) is 13.2 Å². The van der Waals surface area contributed by atoms with Crippen molar-refractivity contribution in [1.29, 1.82) is 0 Å². The van der Waals surface area contributed by atoms with Gasteiger partial charge in [-0.25, -0.2) is 13.1 Å². The SMILES string of the molecule is CC(C)OCCNS(=O)(=O)c1ccc(Br)cc1Cl. The Morgan fingerprint density at radius 3 is 2.67 bits per heavy atom. The summed E-state index contributed by atoms with van der Waals surface area (Å²) in [6.07, 6.45) is 0.0748. The molecule has 0 aliphatic heterocycles. The molecule has 7 heteroatoms. The average molecular weight is 357 g/mol. The number of hydrogen-bond acceptors (Lipinski definition) is 3. The monoisotopic (exact) mass is 355 g/mol. The van der Waals surface area contributed by atoms with E-state index in [1.807, 2.05) is 13.8 Å². The lowest BCUT2D eigenvalue weighted by Crippen LogP contribution is -2.28. The van der Waals surface area contributed by atoms with Gasteiger partial charge in [0.1, 0.15) is 4.90 Å². The van der Waals surface area contributed by atoms with Crippen molar-refractivity contribution in [3.05, 3.63) is 27.7 Å². The van der Waals surface area contributed by atoms with Crippen LogP contribution in [0.5, 0.6) is 0 Å². The molecule has 1 aromatic carbocycles. The molecule has 0 heterocycles. The molecule has 0 saturated carbocycles. The smallest absolute Gasteiger partial charge is 0.242 e. The first-order valence-corrected chi connectivity index (χ1v) is 8.04. The van der Waals surface area contributed by atoms with Crippen molar-refractivity contribution >= 4 is 37.6 Å². The van der Waals surface area contributed by atoms with Crippen LogP contribution in [0.4, 0.5) is 0 Å². The lowest BCUT2D eigenvalue weighted by Gasteiger charge is -2.10. The third kappa shape index (κ3) is 4.85. The minimum absolute atomic E-state index is 0.0666. The van der Waals surface area contributed by atoms with Gasteiger partial charge >= 0.3 is 0 Å². The molecule has 0 spiro atoms. The molecule has 18 heavy (non-hydrogen) atoms. The summed E-state index contributed by atoms with van der Waals surface area (Å²) in [7, 11) is -3.59. The number of benzene rings is 1. The lowest BCUT2D eigenvalue weighted by atomic mass is 10.4. The summed E-state index contributed by atoms with van der Waals surface area (Å²) in [5.74, 6) is 0.